The predicted octanol–water partition coefficient (Wildman–Crippen LogP) is 8.57. The molecule has 45 heavy (non-hydrogen) atoms. The van der Waals surface area contributed by atoms with E-state index in [1.54, 1.807) is 66.7 Å². The molecule has 0 aliphatic heterocycles. The number of Topliss-reactive ketones (excluding diaryl/α,β-unsaturated/α-hetero) is 1. The number of hydroxylamine groups is 1. The molecular weight excluding hydrogens is 645 g/mol. The van der Waals surface area contributed by atoms with Crippen molar-refractivity contribution in [1.82, 2.24) is 10.0 Å². The lowest BCUT2D eigenvalue weighted by molar-refractivity contribution is -0.0497. The Balaban J connectivity index is 1.52. The summed E-state index contributed by atoms with van der Waals surface area (Å²) in [7, 11) is 0. The molecule has 1 unspecified atom stereocenters. The Morgan fingerprint density at radius 2 is 1.58 bits per heavy atom. The summed E-state index contributed by atoms with van der Waals surface area (Å²) in [6, 6.07) is 24.6. The van der Waals surface area contributed by atoms with Gasteiger partial charge in [-0.15, -0.1) is 11.8 Å². The third kappa shape index (κ3) is 7.17. The second-order valence-corrected chi connectivity index (χ2v) is 12.6. The van der Waals surface area contributed by atoms with Gasteiger partial charge in [0.1, 0.15) is 5.70 Å². The summed E-state index contributed by atoms with van der Waals surface area (Å²) in [5, 5.41) is 1.97. The predicted molar refractivity (Wildman–Crippen MR) is 173 cm³/mol. The van der Waals surface area contributed by atoms with Gasteiger partial charge in [-0.3, -0.25) is 9.59 Å². The number of ketones is 2. The van der Waals surface area contributed by atoms with Crippen LogP contribution in [0, 0.1) is 6.92 Å². The van der Waals surface area contributed by atoms with Crippen molar-refractivity contribution in [2.75, 3.05) is 5.75 Å². The first-order valence-corrected chi connectivity index (χ1v) is 16.1. The molecule has 0 aliphatic rings. The number of carbonyl (C=O) groups is 2. The van der Waals surface area contributed by atoms with E-state index in [0.29, 0.717) is 28.1 Å². The molecule has 232 valence electrons. The minimum atomic E-state index is -5.15. The van der Waals surface area contributed by atoms with Crippen LogP contribution in [0.3, 0.4) is 0 Å². The molecule has 12 heteroatoms. The molecule has 0 radical (unpaired) electrons. The van der Waals surface area contributed by atoms with E-state index in [2.05, 4.69) is 4.28 Å². The Morgan fingerprint density at radius 3 is 2.20 bits per heavy atom. The minimum Gasteiger partial charge on any atom is -0.341 e. The molecule has 1 aromatic heterocycles. The largest absolute Gasteiger partial charge is 0.499 e. The molecule has 1 heterocycles. The number of rotatable bonds is 11. The van der Waals surface area contributed by atoms with Gasteiger partial charge in [0.15, 0.2) is 5.78 Å². The number of halogens is 4. The molecule has 1 N–H and O–H groups in total. The molecule has 5 aromatic rings. The standard InChI is InChI=1S/C33H26ClF3N2O4S2/c1-3-39-29-14-8-21(31(40)25-7-5-4-6-20(25)2)18-26(29)27-19-22(9-15-30(27)39)32(41)28(38-43-45(42)33(35,36)37)16-17-44-24-12-10-23(34)11-13-24/h4-16,18-19,38H,3,17H2,1-2H3/b28-16-. The first-order chi connectivity index (χ1) is 21.5. The van der Waals surface area contributed by atoms with Gasteiger partial charge in [0.2, 0.25) is 5.78 Å². The highest BCUT2D eigenvalue weighted by Gasteiger charge is 2.39. The van der Waals surface area contributed by atoms with Gasteiger partial charge in [0.05, 0.1) is 0 Å². The van der Waals surface area contributed by atoms with E-state index in [1.807, 2.05) is 42.1 Å². The first-order valence-electron chi connectivity index (χ1n) is 13.7. The number of carbonyl (C=O) groups excluding carboxylic acids is 2. The van der Waals surface area contributed by atoms with Crippen molar-refractivity contribution in [3.05, 3.63) is 124 Å². The summed E-state index contributed by atoms with van der Waals surface area (Å²) in [4.78, 5) is 27.9. The average Bonchev–Trinajstić information content (AvgIpc) is 3.34. The van der Waals surface area contributed by atoms with Crippen LogP contribution in [0.5, 0.6) is 0 Å². The zero-order chi connectivity index (χ0) is 32.3. The molecule has 0 fully saturated rings. The van der Waals surface area contributed by atoms with E-state index >= 15 is 0 Å². The van der Waals surface area contributed by atoms with E-state index in [9.17, 15) is 27.0 Å². The SMILES string of the molecule is CCn1c2ccc(C(=O)/C(=C/CSc3ccc(Cl)cc3)NOS(=O)C(F)(F)F)cc2c2cc(C(=O)c3ccccc3C)ccc21. The molecule has 1 atom stereocenters. The van der Waals surface area contributed by atoms with Crippen molar-refractivity contribution in [2.45, 2.75) is 30.8 Å². The van der Waals surface area contributed by atoms with Gasteiger partial charge in [-0.2, -0.15) is 17.5 Å². The summed E-state index contributed by atoms with van der Waals surface area (Å²) in [6.07, 6.45) is 1.37. The summed E-state index contributed by atoms with van der Waals surface area (Å²) in [6.45, 7) is 4.46. The molecule has 0 saturated carbocycles. The Labute approximate surface area is 268 Å². The summed E-state index contributed by atoms with van der Waals surface area (Å²) >= 11 is 3.54. The smallest absolute Gasteiger partial charge is 0.341 e. The highest BCUT2D eigenvalue weighted by atomic mass is 35.5. The lowest BCUT2D eigenvalue weighted by atomic mass is 9.97. The molecule has 0 saturated heterocycles. The lowest BCUT2D eigenvalue weighted by Crippen LogP contribution is -2.28. The van der Waals surface area contributed by atoms with Crippen molar-refractivity contribution in [1.29, 1.82) is 0 Å². The van der Waals surface area contributed by atoms with Gasteiger partial charge in [0.25, 0.3) is 11.1 Å². The van der Waals surface area contributed by atoms with Crippen LogP contribution in [0.4, 0.5) is 13.2 Å². The fraction of sp³-hybridized carbons (Fsp3) is 0.152. The van der Waals surface area contributed by atoms with Gasteiger partial charge >= 0.3 is 5.51 Å². The van der Waals surface area contributed by atoms with Crippen LogP contribution < -0.4 is 5.48 Å². The van der Waals surface area contributed by atoms with Gasteiger partial charge in [0, 0.05) is 60.7 Å². The molecule has 0 aliphatic carbocycles. The van der Waals surface area contributed by atoms with Gasteiger partial charge in [-0.05, 0) is 86.2 Å². The van der Waals surface area contributed by atoms with Gasteiger partial charge in [-0.25, -0.2) is 9.69 Å². The summed E-state index contributed by atoms with van der Waals surface area (Å²) < 4.78 is 56.6. The highest BCUT2D eigenvalue weighted by molar-refractivity contribution is 7.99. The second-order valence-electron chi connectivity index (χ2n) is 9.93. The Kier molecular flexibility index (Phi) is 9.83. The van der Waals surface area contributed by atoms with E-state index < -0.39 is 22.4 Å². The van der Waals surface area contributed by atoms with Gasteiger partial charge in [-0.1, -0.05) is 35.9 Å². The number of allylic oxidation sites excluding steroid dienone is 1. The molecule has 6 nitrogen and oxygen atoms in total. The topological polar surface area (TPSA) is 77.4 Å². The number of fused-ring (bicyclic) bond motifs is 3. The lowest BCUT2D eigenvalue weighted by Gasteiger charge is -2.11. The van der Waals surface area contributed by atoms with Gasteiger partial charge < -0.3 is 4.57 Å². The number of thioether (sulfide) groups is 1. The molecule has 4 aromatic carbocycles. The number of aromatic nitrogens is 1. The average molecular weight is 671 g/mol. The maximum atomic E-state index is 13.7. The first kappa shape index (κ1) is 32.5. The number of aryl methyl sites for hydroxylation is 2. The molecule has 0 bridgehead atoms. The Morgan fingerprint density at radius 1 is 0.956 bits per heavy atom. The zero-order valence-corrected chi connectivity index (χ0v) is 26.4. The monoisotopic (exact) mass is 670 g/mol. The van der Waals surface area contributed by atoms with Crippen LogP contribution in [-0.2, 0) is 21.9 Å². The highest BCUT2D eigenvalue weighted by Crippen LogP contribution is 2.32. The summed E-state index contributed by atoms with van der Waals surface area (Å²) in [5.41, 5.74) is 0.256. The van der Waals surface area contributed by atoms with Crippen LogP contribution in [0.25, 0.3) is 21.8 Å². The fourth-order valence-electron chi connectivity index (χ4n) is 4.93. The van der Waals surface area contributed by atoms with E-state index in [0.717, 1.165) is 26.9 Å². The van der Waals surface area contributed by atoms with Crippen molar-refractivity contribution < 1.29 is 31.3 Å². The van der Waals surface area contributed by atoms with Crippen molar-refractivity contribution in [3.63, 3.8) is 0 Å². The fourth-order valence-corrected chi connectivity index (χ4v) is 6.09. The number of hydrogen-bond donors (Lipinski definition) is 1. The van der Waals surface area contributed by atoms with Crippen molar-refractivity contribution >= 4 is 67.8 Å². The minimum absolute atomic E-state index is 0.137. The molecule has 5 rings (SSSR count). The normalized spacial score (nSPS) is 12.9. The van der Waals surface area contributed by atoms with E-state index in [4.69, 9.17) is 11.6 Å². The summed E-state index contributed by atoms with van der Waals surface area (Å²) in [5.74, 6) is -0.626. The van der Waals surface area contributed by atoms with E-state index in [-0.39, 0.29) is 22.8 Å². The molecule has 0 amide bonds. The molecular formula is C33H26ClF3N2O4S2. The van der Waals surface area contributed by atoms with Crippen LogP contribution in [0.2, 0.25) is 5.02 Å². The maximum Gasteiger partial charge on any atom is 0.499 e. The van der Waals surface area contributed by atoms with Crippen LogP contribution in [0.15, 0.2) is 102 Å². The third-order valence-electron chi connectivity index (χ3n) is 7.11. The number of alkyl halides is 3. The number of benzene rings is 4. The second kappa shape index (κ2) is 13.6. The van der Waals surface area contributed by atoms with Crippen LogP contribution in [-0.4, -0.2) is 31.6 Å². The van der Waals surface area contributed by atoms with Crippen LogP contribution >= 0.6 is 23.4 Å². The zero-order valence-electron chi connectivity index (χ0n) is 24.0. The Hall–Kier alpha value is -3.90. The van der Waals surface area contributed by atoms with Crippen LogP contribution in [0.1, 0.15) is 38.8 Å². The maximum absolute atomic E-state index is 13.7. The van der Waals surface area contributed by atoms with Crippen molar-refractivity contribution in [2.24, 2.45) is 0 Å². The number of nitrogens with one attached hydrogen (secondary N) is 1. The third-order valence-corrected chi connectivity index (χ3v) is 8.91. The number of hydrogen-bond acceptors (Lipinski definition) is 6. The quantitative estimate of drug-likeness (QED) is 0.0657. The van der Waals surface area contributed by atoms with E-state index in [1.165, 1.54) is 17.8 Å². The Bertz CT molecular complexity index is 1970. The van der Waals surface area contributed by atoms with Crippen molar-refractivity contribution in [3.8, 4) is 0 Å². The number of nitrogens with zero attached hydrogens (tertiary/aromatic N) is 1. The molecule has 0 spiro atoms.